The van der Waals surface area contributed by atoms with Gasteiger partial charge >= 0.3 is 0 Å². The number of carbonyl (C=O) groups is 1. The molecule has 1 aromatic carbocycles. The summed E-state index contributed by atoms with van der Waals surface area (Å²) in [7, 11) is 0. The van der Waals surface area contributed by atoms with Crippen LogP contribution >= 0.6 is 11.6 Å². The molecule has 0 spiro atoms. The molecule has 9 heteroatoms. The summed E-state index contributed by atoms with van der Waals surface area (Å²) in [6, 6.07) is 3.33. The number of anilines is 1. The lowest BCUT2D eigenvalue weighted by atomic mass is 10.2. The van der Waals surface area contributed by atoms with Crippen LogP contribution in [0, 0.1) is 21.7 Å². The molecule has 1 heterocycles. The minimum absolute atomic E-state index is 0.153. The monoisotopic (exact) mass is 313 g/mol. The molecule has 1 N–H and O–H groups in total. The molecule has 21 heavy (non-hydrogen) atoms. The van der Waals surface area contributed by atoms with E-state index in [2.05, 4.69) is 10.3 Å². The number of benzene rings is 1. The number of nitrogens with one attached hydrogen (secondary N) is 1. The van der Waals surface area contributed by atoms with E-state index in [1.807, 2.05) is 0 Å². The lowest BCUT2D eigenvalue weighted by molar-refractivity contribution is -0.385. The van der Waals surface area contributed by atoms with E-state index in [0.29, 0.717) is 6.07 Å². The average molecular weight is 314 g/mol. The molecule has 0 aliphatic heterocycles. The summed E-state index contributed by atoms with van der Waals surface area (Å²) in [6.45, 7) is 0. The second-order valence-electron chi connectivity index (χ2n) is 3.90. The highest BCUT2D eigenvalue weighted by molar-refractivity contribution is 6.33. The summed E-state index contributed by atoms with van der Waals surface area (Å²) in [5, 5.41) is 12.5. The van der Waals surface area contributed by atoms with E-state index >= 15 is 0 Å². The zero-order valence-corrected chi connectivity index (χ0v) is 10.9. The van der Waals surface area contributed by atoms with Gasteiger partial charge < -0.3 is 5.32 Å². The van der Waals surface area contributed by atoms with Crippen molar-refractivity contribution in [3.05, 3.63) is 62.9 Å². The zero-order valence-electron chi connectivity index (χ0n) is 10.1. The van der Waals surface area contributed by atoms with Crippen LogP contribution in [0.5, 0.6) is 0 Å². The summed E-state index contributed by atoms with van der Waals surface area (Å²) >= 11 is 5.68. The third-order valence-electron chi connectivity index (χ3n) is 2.40. The van der Waals surface area contributed by atoms with E-state index in [4.69, 9.17) is 11.6 Å². The van der Waals surface area contributed by atoms with Crippen molar-refractivity contribution in [2.45, 2.75) is 0 Å². The predicted octanol–water partition coefficient (Wildman–Crippen LogP) is 3.17. The van der Waals surface area contributed by atoms with Crippen LogP contribution in [-0.2, 0) is 0 Å². The maximum Gasteiger partial charge on any atom is 0.288 e. The molecule has 0 bridgehead atoms. The summed E-state index contributed by atoms with van der Waals surface area (Å²) in [5.74, 6) is -2.64. The molecule has 0 unspecified atom stereocenters. The van der Waals surface area contributed by atoms with Gasteiger partial charge in [0.15, 0.2) is 0 Å². The van der Waals surface area contributed by atoms with Gasteiger partial charge in [-0.05, 0) is 12.1 Å². The molecule has 1 aromatic heterocycles. The van der Waals surface area contributed by atoms with Gasteiger partial charge in [0.25, 0.3) is 11.6 Å². The number of aromatic nitrogens is 1. The summed E-state index contributed by atoms with van der Waals surface area (Å²) in [5.41, 5.74) is -0.870. The standard InChI is InChI=1S/C12H6ClF2N3O3/c13-11-10(4-9(5-16-11)18(20)21)12(19)17-8-2-6(14)1-7(15)3-8/h1-5H,(H,17,19). The number of carbonyl (C=O) groups excluding carboxylic acids is 1. The Morgan fingerprint density at radius 2 is 1.86 bits per heavy atom. The van der Waals surface area contributed by atoms with Gasteiger partial charge in [0.2, 0.25) is 0 Å². The molecule has 1 amide bonds. The molecule has 6 nitrogen and oxygen atoms in total. The Balaban J connectivity index is 2.31. The fourth-order valence-corrected chi connectivity index (χ4v) is 1.71. The first-order chi connectivity index (χ1) is 9.86. The van der Waals surface area contributed by atoms with Gasteiger partial charge in [-0.15, -0.1) is 0 Å². The van der Waals surface area contributed by atoms with Crippen molar-refractivity contribution < 1.29 is 18.5 Å². The average Bonchev–Trinajstić information content (AvgIpc) is 2.37. The molecule has 0 aliphatic carbocycles. The fraction of sp³-hybridized carbons (Fsp3) is 0. The van der Waals surface area contributed by atoms with E-state index in [-0.39, 0.29) is 16.4 Å². The van der Waals surface area contributed by atoms with Crippen molar-refractivity contribution in [3.63, 3.8) is 0 Å². The van der Waals surface area contributed by atoms with Crippen molar-refractivity contribution in [3.8, 4) is 0 Å². The van der Waals surface area contributed by atoms with Gasteiger partial charge in [0.1, 0.15) is 23.0 Å². The molecule has 0 aliphatic rings. The van der Waals surface area contributed by atoms with E-state index in [9.17, 15) is 23.7 Å². The number of hydrogen-bond donors (Lipinski definition) is 1. The Hall–Kier alpha value is -2.61. The first-order valence-electron chi connectivity index (χ1n) is 5.44. The number of nitrogens with zero attached hydrogens (tertiary/aromatic N) is 2. The molecular weight excluding hydrogens is 308 g/mol. The summed E-state index contributed by atoms with van der Waals surface area (Å²) < 4.78 is 26.0. The van der Waals surface area contributed by atoms with E-state index in [1.165, 1.54) is 0 Å². The minimum Gasteiger partial charge on any atom is -0.322 e. The molecule has 108 valence electrons. The Morgan fingerprint density at radius 3 is 2.43 bits per heavy atom. The highest BCUT2D eigenvalue weighted by Gasteiger charge is 2.17. The van der Waals surface area contributed by atoms with Crippen LogP contribution in [0.25, 0.3) is 0 Å². The molecular formula is C12H6ClF2N3O3. The smallest absolute Gasteiger partial charge is 0.288 e. The van der Waals surface area contributed by atoms with Crippen LogP contribution in [-0.4, -0.2) is 15.8 Å². The van der Waals surface area contributed by atoms with Crippen LogP contribution in [0.15, 0.2) is 30.5 Å². The zero-order chi connectivity index (χ0) is 15.6. The highest BCUT2D eigenvalue weighted by Crippen LogP contribution is 2.21. The van der Waals surface area contributed by atoms with Gasteiger partial charge in [0, 0.05) is 17.8 Å². The van der Waals surface area contributed by atoms with Crippen LogP contribution < -0.4 is 5.32 Å². The normalized spacial score (nSPS) is 10.2. The number of rotatable bonds is 3. The second kappa shape index (κ2) is 5.80. The summed E-state index contributed by atoms with van der Waals surface area (Å²) in [4.78, 5) is 25.3. The van der Waals surface area contributed by atoms with Crippen LogP contribution in [0.1, 0.15) is 10.4 Å². The number of halogens is 3. The lowest BCUT2D eigenvalue weighted by Gasteiger charge is -2.06. The lowest BCUT2D eigenvalue weighted by Crippen LogP contribution is -2.13. The molecule has 0 fully saturated rings. The van der Waals surface area contributed by atoms with Gasteiger partial charge in [-0.2, -0.15) is 0 Å². The second-order valence-corrected chi connectivity index (χ2v) is 4.26. The summed E-state index contributed by atoms with van der Waals surface area (Å²) in [6.07, 6.45) is 0.890. The van der Waals surface area contributed by atoms with E-state index < -0.39 is 28.2 Å². The van der Waals surface area contributed by atoms with Crippen molar-refractivity contribution in [1.29, 1.82) is 0 Å². The van der Waals surface area contributed by atoms with Crippen LogP contribution in [0.4, 0.5) is 20.2 Å². The number of nitro groups is 1. The molecule has 0 saturated heterocycles. The fourth-order valence-electron chi connectivity index (χ4n) is 1.52. The number of amides is 1. The van der Waals surface area contributed by atoms with Gasteiger partial charge in [-0.1, -0.05) is 11.6 Å². The molecule has 0 saturated carbocycles. The van der Waals surface area contributed by atoms with Crippen molar-refractivity contribution in [1.82, 2.24) is 4.98 Å². The van der Waals surface area contributed by atoms with Gasteiger partial charge in [-0.3, -0.25) is 14.9 Å². The number of hydrogen-bond acceptors (Lipinski definition) is 4. The quantitative estimate of drug-likeness (QED) is 0.536. The van der Waals surface area contributed by atoms with Crippen molar-refractivity contribution in [2.24, 2.45) is 0 Å². The molecule has 2 aromatic rings. The Bertz CT molecular complexity index is 719. The van der Waals surface area contributed by atoms with Crippen LogP contribution in [0.3, 0.4) is 0 Å². The predicted molar refractivity (Wildman–Crippen MR) is 70.2 cm³/mol. The molecule has 0 radical (unpaired) electrons. The maximum atomic E-state index is 13.0. The van der Waals surface area contributed by atoms with Crippen molar-refractivity contribution in [2.75, 3.05) is 5.32 Å². The SMILES string of the molecule is O=C(Nc1cc(F)cc(F)c1)c1cc([N+](=O)[O-])cnc1Cl. The Labute approximate surface area is 121 Å². The molecule has 2 rings (SSSR count). The topological polar surface area (TPSA) is 85.1 Å². The third kappa shape index (κ3) is 3.48. The van der Waals surface area contributed by atoms with Gasteiger partial charge in [-0.25, -0.2) is 13.8 Å². The van der Waals surface area contributed by atoms with Gasteiger partial charge in [0.05, 0.1) is 10.5 Å². The number of pyridine rings is 1. The maximum absolute atomic E-state index is 13.0. The third-order valence-corrected chi connectivity index (χ3v) is 2.70. The van der Waals surface area contributed by atoms with E-state index in [1.54, 1.807) is 0 Å². The molecule has 0 atom stereocenters. The van der Waals surface area contributed by atoms with E-state index in [0.717, 1.165) is 24.4 Å². The first-order valence-corrected chi connectivity index (χ1v) is 5.82. The van der Waals surface area contributed by atoms with Crippen molar-refractivity contribution >= 4 is 28.9 Å². The first kappa shape index (κ1) is 14.8. The minimum atomic E-state index is -0.881. The van der Waals surface area contributed by atoms with Crippen LogP contribution in [0.2, 0.25) is 5.15 Å². The largest absolute Gasteiger partial charge is 0.322 e. The Morgan fingerprint density at radius 1 is 1.24 bits per heavy atom. The Kier molecular flexibility index (Phi) is 4.08. The highest BCUT2D eigenvalue weighted by atomic mass is 35.5.